The monoisotopic (exact) mass is 605 g/mol. The Morgan fingerprint density at radius 3 is 1.23 bits per heavy atom. The van der Waals surface area contributed by atoms with E-state index in [4.69, 9.17) is 28.4 Å². The summed E-state index contributed by atoms with van der Waals surface area (Å²) in [6, 6.07) is 0. The highest BCUT2D eigenvalue weighted by Crippen LogP contribution is 1.98. The number of nitrogens with one attached hydrogen (secondary N) is 1. The second-order valence-electron chi connectivity index (χ2n) is 9.36. The molecule has 0 aliphatic rings. The van der Waals surface area contributed by atoms with Gasteiger partial charge < -0.3 is 33.7 Å². The molecule has 1 N–H and O–H groups in total. The standard InChI is InChI=1S/C35H59NO7/c1-3-4-5-6-7-8-9-10-11-12-13-14-15-16-17-18-19-20-21-22-35(37)36-23-24-39-27-28-41-31-32-43-34-33-42-30-29-40-26-25-38-2/h4-5,7-8,10-11,13-14,16-17,19-20H,3,6,9,12,15,18,21-34H2,1-2H3,(H,36,37)/b5-4-,8-7-,11-10-,14-13-,17-16-,20-19-. The van der Waals surface area contributed by atoms with Crippen molar-refractivity contribution >= 4 is 5.91 Å². The van der Waals surface area contributed by atoms with E-state index in [-0.39, 0.29) is 5.91 Å². The van der Waals surface area contributed by atoms with Gasteiger partial charge in [-0.25, -0.2) is 0 Å². The third-order valence-electron chi connectivity index (χ3n) is 5.62. The average Bonchev–Trinajstić information content (AvgIpc) is 3.01. The Balaban J connectivity index is 3.39. The van der Waals surface area contributed by atoms with Gasteiger partial charge in [0.05, 0.1) is 72.7 Å². The zero-order valence-corrected chi connectivity index (χ0v) is 26.9. The molecule has 0 spiro atoms. The van der Waals surface area contributed by atoms with Gasteiger partial charge in [0.15, 0.2) is 0 Å². The van der Waals surface area contributed by atoms with Crippen molar-refractivity contribution in [3.05, 3.63) is 72.9 Å². The lowest BCUT2D eigenvalue weighted by Crippen LogP contribution is -2.27. The van der Waals surface area contributed by atoms with Gasteiger partial charge in [-0.3, -0.25) is 4.79 Å². The third kappa shape index (κ3) is 37.6. The molecule has 0 aliphatic heterocycles. The maximum atomic E-state index is 11.9. The molecule has 0 radical (unpaired) electrons. The van der Waals surface area contributed by atoms with Crippen LogP contribution >= 0.6 is 0 Å². The van der Waals surface area contributed by atoms with Crippen molar-refractivity contribution in [1.29, 1.82) is 0 Å². The number of amides is 1. The second-order valence-corrected chi connectivity index (χ2v) is 9.36. The van der Waals surface area contributed by atoms with E-state index in [2.05, 4.69) is 85.2 Å². The first-order chi connectivity index (χ1) is 21.3. The molecule has 8 heteroatoms. The molecule has 0 aromatic heterocycles. The molecular weight excluding hydrogens is 546 g/mol. The fourth-order valence-electron chi connectivity index (χ4n) is 3.33. The van der Waals surface area contributed by atoms with Gasteiger partial charge in [-0.15, -0.1) is 0 Å². The van der Waals surface area contributed by atoms with Crippen molar-refractivity contribution < 1.29 is 33.2 Å². The highest BCUT2D eigenvalue weighted by molar-refractivity contribution is 5.75. The first kappa shape index (κ1) is 40.7. The van der Waals surface area contributed by atoms with Crippen LogP contribution in [-0.4, -0.2) is 92.2 Å². The van der Waals surface area contributed by atoms with Crippen LogP contribution in [0.4, 0.5) is 0 Å². The van der Waals surface area contributed by atoms with E-state index >= 15 is 0 Å². The van der Waals surface area contributed by atoms with E-state index in [1.807, 2.05) is 0 Å². The molecule has 0 bridgehead atoms. The molecule has 0 aromatic carbocycles. The lowest BCUT2D eigenvalue weighted by Gasteiger charge is -2.08. The fourth-order valence-corrected chi connectivity index (χ4v) is 3.33. The predicted octanol–water partition coefficient (Wildman–Crippen LogP) is 6.31. The van der Waals surface area contributed by atoms with Crippen LogP contribution in [0.3, 0.4) is 0 Å². The zero-order valence-electron chi connectivity index (χ0n) is 26.9. The van der Waals surface area contributed by atoms with Crippen molar-refractivity contribution in [2.75, 3.05) is 86.3 Å². The maximum Gasteiger partial charge on any atom is 0.220 e. The molecule has 43 heavy (non-hydrogen) atoms. The van der Waals surface area contributed by atoms with Crippen LogP contribution in [0.2, 0.25) is 0 Å². The third-order valence-corrected chi connectivity index (χ3v) is 5.62. The van der Waals surface area contributed by atoms with Crippen LogP contribution in [0.1, 0.15) is 58.3 Å². The van der Waals surface area contributed by atoms with Crippen molar-refractivity contribution in [2.45, 2.75) is 58.3 Å². The molecule has 1 amide bonds. The molecule has 0 aliphatic carbocycles. The highest BCUT2D eigenvalue weighted by atomic mass is 16.6. The number of rotatable bonds is 32. The van der Waals surface area contributed by atoms with Crippen LogP contribution in [0, 0.1) is 0 Å². The first-order valence-electron chi connectivity index (χ1n) is 15.9. The fraction of sp³-hybridized carbons (Fsp3) is 0.629. The van der Waals surface area contributed by atoms with Gasteiger partial charge in [0.25, 0.3) is 0 Å². The minimum Gasteiger partial charge on any atom is -0.382 e. The molecular formula is C35H59NO7. The first-order valence-corrected chi connectivity index (χ1v) is 15.9. The zero-order chi connectivity index (χ0) is 31.2. The molecule has 0 saturated heterocycles. The number of allylic oxidation sites excluding steroid dienone is 12. The van der Waals surface area contributed by atoms with E-state index in [1.165, 1.54) is 0 Å². The lowest BCUT2D eigenvalue weighted by atomic mass is 10.2. The van der Waals surface area contributed by atoms with Gasteiger partial charge in [-0.1, -0.05) is 79.8 Å². The van der Waals surface area contributed by atoms with E-state index in [1.54, 1.807) is 7.11 Å². The number of methoxy groups -OCH3 is 1. The lowest BCUT2D eigenvalue weighted by molar-refractivity contribution is -0.121. The number of carbonyl (C=O) groups is 1. The van der Waals surface area contributed by atoms with Crippen molar-refractivity contribution in [1.82, 2.24) is 5.32 Å². The molecule has 8 nitrogen and oxygen atoms in total. The van der Waals surface area contributed by atoms with Gasteiger partial charge in [0.2, 0.25) is 5.91 Å². The Labute approximate surface area is 261 Å². The summed E-state index contributed by atoms with van der Waals surface area (Å²) >= 11 is 0. The number of ether oxygens (including phenoxy) is 6. The minimum absolute atomic E-state index is 0.0409. The van der Waals surface area contributed by atoms with Crippen molar-refractivity contribution in [2.24, 2.45) is 0 Å². The molecule has 0 fully saturated rings. The smallest absolute Gasteiger partial charge is 0.220 e. The highest BCUT2D eigenvalue weighted by Gasteiger charge is 1.98. The summed E-state index contributed by atoms with van der Waals surface area (Å²) in [6.07, 6.45) is 33.3. The number of hydrogen-bond donors (Lipinski definition) is 1. The quantitative estimate of drug-likeness (QED) is 0.0711. The van der Waals surface area contributed by atoms with Gasteiger partial charge in [-0.2, -0.15) is 0 Å². The van der Waals surface area contributed by atoms with E-state index in [9.17, 15) is 4.79 Å². The minimum atomic E-state index is 0.0409. The molecule has 0 rings (SSSR count). The molecule has 0 aromatic rings. The SMILES string of the molecule is CC/C=C\C/C=C\C/C=C\C/C=C\C/C=C\C/C=C\CCC(=O)NCCOCCOCCOCCOCCOCCOC. The normalized spacial score (nSPS) is 12.5. The summed E-state index contributed by atoms with van der Waals surface area (Å²) in [7, 11) is 1.65. The second kappa shape index (κ2) is 37.7. The molecule has 0 atom stereocenters. The van der Waals surface area contributed by atoms with Gasteiger partial charge in [0.1, 0.15) is 0 Å². The summed E-state index contributed by atoms with van der Waals surface area (Å²) in [5.74, 6) is 0.0409. The van der Waals surface area contributed by atoms with E-state index in [0.29, 0.717) is 85.6 Å². The number of carbonyl (C=O) groups excluding carboxylic acids is 1. The molecule has 246 valence electrons. The van der Waals surface area contributed by atoms with Crippen LogP contribution in [0.15, 0.2) is 72.9 Å². The van der Waals surface area contributed by atoms with Crippen molar-refractivity contribution in [3.63, 3.8) is 0 Å². The Kier molecular flexibility index (Phi) is 35.7. The Bertz CT molecular complexity index is 759. The molecule has 0 heterocycles. The van der Waals surface area contributed by atoms with Crippen LogP contribution in [0.5, 0.6) is 0 Å². The summed E-state index contributed by atoms with van der Waals surface area (Å²) < 4.78 is 32.0. The van der Waals surface area contributed by atoms with Crippen LogP contribution in [-0.2, 0) is 33.2 Å². The largest absolute Gasteiger partial charge is 0.382 e. The molecule has 0 saturated carbocycles. The van der Waals surface area contributed by atoms with E-state index < -0.39 is 0 Å². The molecule has 0 unspecified atom stereocenters. The Morgan fingerprint density at radius 2 is 0.837 bits per heavy atom. The average molecular weight is 606 g/mol. The topological polar surface area (TPSA) is 84.5 Å². The van der Waals surface area contributed by atoms with Crippen LogP contribution in [0.25, 0.3) is 0 Å². The van der Waals surface area contributed by atoms with Gasteiger partial charge in [0, 0.05) is 20.1 Å². The summed E-state index contributed by atoms with van der Waals surface area (Å²) in [5.41, 5.74) is 0. The van der Waals surface area contributed by atoms with E-state index in [0.717, 1.165) is 44.9 Å². The van der Waals surface area contributed by atoms with Crippen molar-refractivity contribution in [3.8, 4) is 0 Å². The maximum absolute atomic E-state index is 11.9. The van der Waals surface area contributed by atoms with Gasteiger partial charge in [-0.05, 0) is 44.9 Å². The Morgan fingerprint density at radius 1 is 0.488 bits per heavy atom. The summed E-state index contributed by atoms with van der Waals surface area (Å²) in [6.45, 7) is 8.47. The predicted molar refractivity (Wildman–Crippen MR) is 176 cm³/mol. The summed E-state index contributed by atoms with van der Waals surface area (Å²) in [4.78, 5) is 11.9. The Hall–Kier alpha value is -2.33. The van der Waals surface area contributed by atoms with Gasteiger partial charge >= 0.3 is 0 Å². The van der Waals surface area contributed by atoms with Crippen LogP contribution < -0.4 is 5.32 Å². The summed E-state index contributed by atoms with van der Waals surface area (Å²) in [5, 5.41) is 2.88. The number of hydrogen-bond acceptors (Lipinski definition) is 7.